The number of rotatable bonds is 4. The minimum Gasteiger partial charge on any atom is -0.317 e. The topological polar surface area (TPSA) is 68.3 Å². The molecule has 0 spiro atoms. The summed E-state index contributed by atoms with van der Waals surface area (Å²) >= 11 is 6.32. The second kappa shape index (κ2) is 8.22. The highest BCUT2D eigenvalue weighted by Gasteiger charge is 2.33. The van der Waals surface area contributed by atoms with Gasteiger partial charge in [-0.3, -0.25) is 9.17 Å². The molecule has 5 nitrogen and oxygen atoms in total. The normalized spacial score (nSPS) is 19.8. The predicted molar refractivity (Wildman–Crippen MR) is 120 cm³/mol. The smallest absolute Gasteiger partial charge is 0.264 e. The molecule has 1 aliphatic carbocycles. The summed E-state index contributed by atoms with van der Waals surface area (Å²) in [7, 11) is -1.57. The molecule has 1 unspecified atom stereocenters. The van der Waals surface area contributed by atoms with Gasteiger partial charge < -0.3 is 5.32 Å². The van der Waals surface area contributed by atoms with Crippen LogP contribution >= 0.6 is 11.6 Å². The van der Waals surface area contributed by atoms with Crippen molar-refractivity contribution in [1.82, 2.24) is 10.3 Å². The number of halogens is 1. The SMILES string of the molecule is Bc1cnc2c(c1)C(COS(C)(=O)=O)=Cc1cc(Cl)ccc1C2C1CCNCC1. The lowest BCUT2D eigenvalue weighted by atomic mass is 9.76. The molecule has 152 valence electrons. The molecule has 1 saturated heterocycles. The standard InChI is InChI=1S/C21H24BClN2O3S/c1-29(26,27)28-12-15-8-14-9-17(23)2-3-18(14)20(13-4-6-24-7-5-13)21-19(15)10-16(22)11-25-21/h2-3,8-11,13,20,24H,4-7,12,22H2,1H3. The van der Waals surface area contributed by atoms with Crippen LogP contribution in [0.15, 0.2) is 30.5 Å². The minimum absolute atomic E-state index is 0.0259. The van der Waals surface area contributed by atoms with Gasteiger partial charge in [-0.2, -0.15) is 8.42 Å². The van der Waals surface area contributed by atoms with Gasteiger partial charge in [0.15, 0.2) is 0 Å². The highest BCUT2D eigenvalue weighted by atomic mass is 35.5. The molecule has 0 saturated carbocycles. The fourth-order valence-corrected chi connectivity index (χ4v) is 4.92. The first kappa shape index (κ1) is 20.6. The fourth-order valence-electron chi connectivity index (χ4n) is 4.40. The van der Waals surface area contributed by atoms with Crippen LogP contribution in [0.3, 0.4) is 0 Å². The van der Waals surface area contributed by atoms with Crippen molar-refractivity contribution in [3.8, 4) is 0 Å². The molecular weight excluding hydrogens is 407 g/mol. The molecule has 2 aliphatic rings. The third-order valence-corrected chi connectivity index (χ3v) is 6.47. The monoisotopic (exact) mass is 430 g/mol. The van der Waals surface area contributed by atoms with Gasteiger partial charge in [-0.05, 0) is 66.8 Å². The van der Waals surface area contributed by atoms with Gasteiger partial charge >= 0.3 is 0 Å². The van der Waals surface area contributed by atoms with Crippen LogP contribution in [0.25, 0.3) is 11.6 Å². The van der Waals surface area contributed by atoms with Crippen molar-refractivity contribution in [2.24, 2.45) is 5.92 Å². The Morgan fingerprint density at radius 2 is 2.03 bits per heavy atom. The van der Waals surface area contributed by atoms with Crippen molar-refractivity contribution < 1.29 is 12.6 Å². The highest BCUT2D eigenvalue weighted by Crippen LogP contribution is 2.44. The molecule has 2 heterocycles. The van der Waals surface area contributed by atoms with Gasteiger partial charge in [0.05, 0.1) is 18.6 Å². The number of nitrogens with zero attached hydrogens (tertiary/aromatic N) is 1. The zero-order valence-electron chi connectivity index (χ0n) is 16.6. The van der Waals surface area contributed by atoms with E-state index in [0.717, 1.165) is 60.0 Å². The number of fused-ring (bicyclic) bond motifs is 2. The molecule has 8 heteroatoms. The second-order valence-electron chi connectivity index (χ2n) is 7.92. The lowest BCUT2D eigenvalue weighted by Crippen LogP contribution is -2.32. The lowest BCUT2D eigenvalue weighted by molar-refractivity contribution is 0.338. The van der Waals surface area contributed by atoms with Gasteiger partial charge in [0, 0.05) is 22.7 Å². The van der Waals surface area contributed by atoms with E-state index in [-0.39, 0.29) is 12.5 Å². The number of hydrogen-bond acceptors (Lipinski definition) is 5. The first-order chi connectivity index (χ1) is 13.8. The molecule has 1 N–H and O–H groups in total. The maximum absolute atomic E-state index is 11.7. The van der Waals surface area contributed by atoms with Gasteiger partial charge in [0.1, 0.15) is 7.85 Å². The summed E-state index contributed by atoms with van der Waals surface area (Å²) in [6, 6.07) is 8.05. The van der Waals surface area contributed by atoms with Crippen molar-refractivity contribution in [3.63, 3.8) is 0 Å². The highest BCUT2D eigenvalue weighted by molar-refractivity contribution is 7.86. The first-order valence-corrected chi connectivity index (χ1v) is 12.0. The van der Waals surface area contributed by atoms with Gasteiger partial charge in [-0.1, -0.05) is 29.2 Å². The average Bonchev–Trinajstić information content (AvgIpc) is 2.80. The van der Waals surface area contributed by atoms with E-state index in [9.17, 15) is 8.42 Å². The van der Waals surface area contributed by atoms with Crippen LogP contribution in [-0.2, 0) is 14.3 Å². The van der Waals surface area contributed by atoms with Crippen LogP contribution in [-0.4, -0.2) is 47.2 Å². The molecule has 4 rings (SSSR count). The molecule has 0 amide bonds. The molecule has 2 aromatic rings. The van der Waals surface area contributed by atoms with Gasteiger partial charge in [-0.25, -0.2) is 0 Å². The molecule has 1 fully saturated rings. The van der Waals surface area contributed by atoms with Crippen LogP contribution in [0.4, 0.5) is 0 Å². The molecule has 0 radical (unpaired) electrons. The summed E-state index contributed by atoms with van der Waals surface area (Å²) in [5.74, 6) is 0.584. The summed E-state index contributed by atoms with van der Waals surface area (Å²) in [6.07, 6.45) is 7.10. The van der Waals surface area contributed by atoms with Crippen LogP contribution in [0.2, 0.25) is 5.02 Å². The molecule has 29 heavy (non-hydrogen) atoms. The molecule has 0 bridgehead atoms. The Kier molecular flexibility index (Phi) is 5.84. The number of hydrogen-bond donors (Lipinski definition) is 1. The Morgan fingerprint density at radius 3 is 2.76 bits per heavy atom. The van der Waals surface area contributed by atoms with Crippen molar-refractivity contribution >= 4 is 46.7 Å². The van der Waals surface area contributed by atoms with Crippen molar-refractivity contribution in [2.45, 2.75) is 18.8 Å². The van der Waals surface area contributed by atoms with Gasteiger partial charge in [0.2, 0.25) is 0 Å². The van der Waals surface area contributed by atoms with E-state index in [1.54, 1.807) is 0 Å². The Labute approximate surface area is 178 Å². The lowest BCUT2D eigenvalue weighted by Gasteiger charge is -2.32. The number of benzene rings is 1. The van der Waals surface area contributed by atoms with E-state index in [1.165, 1.54) is 5.56 Å². The summed E-state index contributed by atoms with van der Waals surface area (Å²) in [6.45, 7) is 1.95. The minimum atomic E-state index is -3.56. The maximum atomic E-state index is 11.7. The largest absolute Gasteiger partial charge is 0.317 e. The molecule has 1 aromatic heterocycles. The van der Waals surface area contributed by atoms with E-state index in [2.05, 4.69) is 17.4 Å². The maximum Gasteiger partial charge on any atom is 0.264 e. The van der Waals surface area contributed by atoms with Crippen LogP contribution in [0, 0.1) is 5.92 Å². The summed E-state index contributed by atoms with van der Waals surface area (Å²) in [5.41, 5.74) is 5.98. The van der Waals surface area contributed by atoms with E-state index in [0.29, 0.717) is 10.9 Å². The van der Waals surface area contributed by atoms with E-state index in [4.69, 9.17) is 20.8 Å². The Bertz CT molecular complexity index is 1070. The van der Waals surface area contributed by atoms with Gasteiger partial charge in [-0.15, -0.1) is 0 Å². The molecule has 1 aliphatic heterocycles. The van der Waals surface area contributed by atoms with Crippen LogP contribution in [0.1, 0.15) is 41.1 Å². The Balaban J connectivity index is 1.90. The van der Waals surface area contributed by atoms with Crippen LogP contribution < -0.4 is 10.8 Å². The summed E-state index contributed by atoms with van der Waals surface area (Å²) in [4.78, 5) is 4.85. The van der Waals surface area contributed by atoms with E-state index in [1.807, 2.05) is 32.3 Å². The number of pyridine rings is 1. The molecule has 1 aromatic carbocycles. The number of nitrogens with one attached hydrogen (secondary N) is 1. The van der Waals surface area contributed by atoms with E-state index < -0.39 is 10.1 Å². The Hall–Kier alpha value is -1.67. The zero-order valence-corrected chi connectivity index (χ0v) is 18.2. The average molecular weight is 431 g/mol. The van der Waals surface area contributed by atoms with Crippen molar-refractivity contribution in [2.75, 3.05) is 26.0 Å². The van der Waals surface area contributed by atoms with Crippen molar-refractivity contribution in [3.05, 3.63) is 57.9 Å². The third kappa shape index (κ3) is 4.58. The first-order valence-electron chi connectivity index (χ1n) is 9.84. The van der Waals surface area contributed by atoms with E-state index >= 15 is 0 Å². The zero-order chi connectivity index (χ0) is 20.6. The van der Waals surface area contributed by atoms with Crippen LogP contribution in [0.5, 0.6) is 0 Å². The Morgan fingerprint density at radius 1 is 1.28 bits per heavy atom. The summed E-state index contributed by atoms with van der Waals surface area (Å²) < 4.78 is 28.5. The molecule has 1 atom stereocenters. The quantitative estimate of drug-likeness (QED) is 0.593. The van der Waals surface area contributed by atoms with Crippen molar-refractivity contribution in [1.29, 1.82) is 0 Å². The predicted octanol–water partition coefficient (Wildman–Crippen LogP) is 1.96. The fraction of sp³-hybridized carbons (Fsp3) is 0.381. The third-order valence-electron chi connectivity index (χ3n) is 5.69. The van der Waals surface area contributed by atoms with Gasteiger partial charge in [0.25, 0.3) is 10.1 Å². The molecular formula is C21H24BClN2O3S. The summed E-state index contributed by atoms with van der Waals surface area (Å²) in [5, 5.41) is 4.10. The number of piperidine rings is 1. The number of aromatic nitrogens is 1. The second-order valence-corrected chi connectivity index (χ2v) is 10.0.